The average molecular weight is 345 g/mol. The average Bonchev–Trinajstić information content (AvgIpc) is 2.62. The van der Waals surface area contributed by atoms with Crippen LogP contribution in [0.1, 0.15) is 6.42 Å². The molecular weight excluding hydrogens is 322 g/mol. The maximum Gasteiger partial charge on any atom is 0.193 e. The Morgan fingerprint density at radius 3 is 2.62 bits per heavy atom. The van der Waals surface area contributed by atoms with Gasteiger partial charge in [0.05, 0.1) is 19.9 Å². The molecule has 0 aliphatic heterocycles. The summed E-state index contributed by atoms with van der Waals surface area (Å²) in [5.41, 5.74) is 6.68. The molecule has 24 heavy (non-hydrogen) atoms. The number of benzene rings is 2. The van der Waals surface area contributed by atoms with E-state index in [1.807, 2.05) is 48.2 Å². The van der Waals surface area contributed by atoms with Crippen LogP contribution in [0, 0.1) is 0 Å². The number of ether oxygens (including phenoxy) is 2. The number of aliphatic imine (C=N–C) groups is 1. The topological polar surface area (TPSA) is 68.9 Å². The summed E-state index contributed by atoms with van der Waals surface area (Å²) in [5.74, 6) is 2.79. The zero-order valence-corrected chi connectivity index (χ0v) is 14.8. The number of anilines is 1. The summed E-state index contributed by atoms with van der Waals surface area (Å²) in [5, 5.41) is 3.06. The van der Waals surface area contributed by atoms with Crippen LogP contribution in [0.3, 0.4) is 0 Å². The third-order valence-corrected chi connectivity index (χ3v) is 4.36. The van der Waals surface area contributed by atoms with Gasteiger partial charge in [0.25, 0.3) is 0 Å². The normalized spacial score (nSPS) is 11.2. The Labute approximate surface area is 147 Å². The number of guanidine groups is 1. The van der Waals surface area contributed by atoms with Gasteiger partial charge >= 0.3 is 0 Å². The van der Waals surface area contributed by atoms with Gasteiger partial charge in [-0.1, -0.05) is 18.2 Å². The minimum atomic E-state index is 0.367. The first-order valence-electron chi connectivity index (χ1n) is 7.69. The summed E-state index contributed by atoms with van der Waals surface area (Å²) < 4.78 is 10.5. The van der Waals surface area contributed by atoms with E-state index in [2.05, 4.69) is 22.4 Å². The predicted molar refractivity (Wildman–Crippen MR) is 101 cm³/mol. The van der Waals surface area contributed by atoms with Crippen molar-refractivity contribution in [1.82, 2.24) is 0 Å². The summed E-state index contributed by atoms with van der Waals surface area (Å²) in [7, 11) is 3.23. The molecule has 2 aromatic carbocycles. The van der Waals surface area contributed by atoms with Gasteiger partial charge in [0.2, 0.25) is 0 Å². The van der Waals surface area contributed by atoms with Gasteiger partial charge in [-0.05, 0) is 36.4 Å². The van der Waals surface area contributed by atoms with Crippen molar-refractivity contribution >= 4 is 23.4 Å². The number of hydrogen-bond donors (Lipinski definition) is 2. The molecule has 0 atom stereocenters. The van der Waals surface area contributed by atoms with Gasteiger partial charge in [0.1, 0.15) is 11.5 Å². The van der Waals surface area contributed by atoms with Crippen molar-refractivity contribution in [3.05, 3.63) is 48.5 Å². The molecule has 0 aromatic heterocycles. The number of nitrogens with two attached hydrogens (primary N) is 1. The third-order valence-electron chi connectivity index (χ3n) is 3.27. The molecule has 3 N–H and O–H groups in total. The molecule has 0 saturated carbocycles. The lowest BCUT2D eigenvalue weighted by molar-refractivity contribution is 0.405. The van der Waals surface area contributed by atoms with Crippen molar-refractivity contribution in [3.8, 4) is 11.5 Å². The molecule has 0 saturated heterocycles. The summed E-state index contributed by atoms with van der Waals surface area (Å²) in [6.45, 7) is 0.672. The fourth-order valence-corrected chi connectivity index (χ4v) is 2.92. The molecule has 0 fully saturated rings. The monoisotopic (exact) mass is 345 g/mol. The fourth-order valence-electron chi connectivity index (χ4n) is 2.06. The molecule has 0 spiro atoms. The highest BCUT2D eigenvalue weighted by molar-refractivity contribution is 7.99. The Bertz CT molecular complexity index is 663. The first kappa shape index (κ1) is 18.0. The fraction of sp³-hybridized carbons (Fsp3) is 0.278. The summed E-state index contributed by atoms with van der Waals surface area (Å²) >= 11 is 1.82. The lowest BCUT2D eigenvalue weighted by Crippen LogP contribution is -2.23. The van der Waals surface area contributed by atoms with Crippen LogP contribution in [0.5, 0.6) is 11.5 Å². The Kier molecular flexibility index (Phi) is 7.29. The molecule has 0 aliphatic carbocycles. The van der Waals surface area contributed by atoms with Crippen LogP contribution in [0.15, 0.2) is 58.4 Å². The molecular formula is C18H23N3O2S. The molecule has 2 aromatic rings. The lowest BCUT2D eigenvalue weighted by atomic mass is 10.2. The van der Waals surface area contributed by atoms with Gasteiger partial charge in [-0.15, -0.1) is 11.8 Å². The zero-order chi connectivity index (χ0) is 17.2. The van der Waals surface area contributed by atoms with E-state index in [1.54, 1.807) is 14.2 Å². The van der Waals surface area contributed by atoms with Gasteiger partial charge in [0, 0.05) is 17.5 Å². The smallest absolute Gasteiger partial charge is 0.193 e. The van der Waals surface area contributed by atoms with Crippen molar-refractivity contribution in [3.63, 3.8) is 0 Å². The minimum Gasteiger partial charge on any atom is -0.497 e. The van der Waals surface area contributed by atoms with E-state index in [1.165, 1.54) is 4.90 Å². The molecule has 0 heterocycles. The molecule has 0 amide bonds. The van der Waals surface area contributed by atoms with Crippen LogP contribution in [-0.4, -0.2) is 32.5 Å². The molecule has 2 rings (SSSR count). The van der Waals surface area contributed by atoms with E-state index in [4.69, 9.17) is 15.2 Å². The van der Waals surface area contributed by atoms with Crippen LogP contribution in [0.25, 0.3) is 0 Å². The number of thioether (sulfide) groups is 1. The number of nitrogens with zero attached hydrogens (tertiary/aromatic N) is 1. The van der Waals surface area contributed by atoms with Crippen LogP contribution in [-0.2, 0) is 0 Å². The quantitative estimate of drug-likeness (QED) is 0.331. The van der Waals surface area contributed by atoms with E-state index in [0.717, 1.165) is 23.6 Å². The largest absolute Gasteiger partial charge is 0.497 e. The van der Waals surface area contributed by atoms with E-state index in [-0.39, 0.29) is 0 Å². The van der Waals surface area contributed by atoms with Gasteiger partial charge in [-0.3, -0.25) is 4.99 Å². The highest BCUT2D eigenvalue weighted by Gasteiger charge is 2.05. The predicted octanol–water partition coefficient (Wildman–Crippen LogP) is 3.61. The Morgan fingerprint density at radius 2 is 1.92 bits per heavy atom. The maximum absolute atomic E-state index is 5.95. The number of hydrogen-bond acceptors (Lipinski definition) is 4. The first-order chi connectivity index (χ1) is 11.7. The standard InChI is InChI=1S/C18H23N3O2S/c1-22-14-9-10-17(23-2)16(13-14)21-18(19)20-11-6-12-24-15-7-4-3-5-8-15/h3-5,7-10,13H,6,11-12H2,1-2H3,(H3,19,20,21). The van der Waals surface area contributed by atoms with Crippen LogP contribution in [0.4, 0.5) is 5.69 Å². The number of methoxy groups -OCH3 is 2. The lowest BCUT2D eigenvalue weighted by Gasteiger charge is -2.12. The highest BCUT2D eigenvalue weighted by atomic mass is 32.2. The summed E-state index contributed by atoms with van der Waals surface area (Å²) in [6.07, 6.45) is 0.956. The van der Waals surface area contributed by atoms with Crippen molar-refractivity contribution in [2.45, 2.75) is 11.3 Å². The Hall–Kier alpha value is -2.34. The maximum atomic E-state index is 5.95. The molecule has 0 aliphatic rings. The van der Waals surface area contributed by atoms with E-state index in [9.17, 15) is 0 Å². The van der Waals surface area contributed by atoms with Gasteiger partial charge in [-0.2, -0.15) is 0 Å². The SMILES string of the molecule is COc1ccc(OC)c(NC(N)=NCCCSc2ccccc2)c1. The van der Waals surface area contributed by atoms with Gasteiger partial charge < -0.3 is 20.5 Å². The van der Waals surface area contributed by atoms with Crippen LogP contribution < -0.4 is 20.5 Å². The van der Waals surface area contributed by atoms with Crippen molar-refractivity contribution in [2.75, 3.05) is 31.8 Å². The van der Waals surface area contributed by atoms with Crippen LogP contribution in [0.2, 0.25) is 0 Å². The molecule has 5 nitrogen and oxygen atoms in total. The summed E-state index contributed by atoms with van der Waals surface area (Å²) in [6, 6.07) is 15.8. The van der Waals surface area contributed by atoms with Crippen LogP contribution >= 0.6 is 11.8 Å². The number of nitrogens with one attached hydrogen (secondary N) is 1. The second kappa shape index (κ2) is 9.72. The molecule has 128 valence electrons. The second-order valence-electron chi connectivity index (χ2n) is 4.97. The summed E-state index contributed by atoms with van der Waals surface area (Å²) in [4.78, 5) is 5.63. The van der Waals surface area contributed by atoms with Gasteiger partial charge in [0.15, 0.2) is 5.96 Å². The molecule has 0 unspecified atom stereocenters. The van der Waals surface area contributed by atoms with Crippen molar-refractivity contribution in [1.29, 1.82) is 0 Å². The molecule has 0 bridgehead atoms. The van der Waals surface area contributed by atoms with E-state index >= 15 is 0 Å². The molecule has 0 radical (unpaired) electrons. The van der Waals surface area contributed by atoms with E-state index < -0.39 is 0 Å². The second-order valence-corrected chi connectivity index (χ2v) is 6.14. The zero-order valence-electron chi connectivity index (χ0n) is 14.0. The highest BCUT2D eigenvalue weighted by Crippen LogP contribution is 2.28. The van der Waals surface area contributed by atoms with Crippen molar-refractivity contribution in [2.24, 2.45) is 10.7 Å². The Morgan fingerprint density at radius 1 is 1.12 bits per heavy atom. The molecule has 6 heteroatoms. The number of rotatable bonds is 8. The first-order valence-corrected chi connectivity index (χ1v) is 8.68. The van der Waals surface area contributed by atoms with Gasteiger partial charge in [-0.25, -0.2) is 0 Å². The third kappa shape index (κ3) is 5.70. The Balaban J connectivity index is 1.81. The van der Waals surface area contributed by atoms with Crippen molar-refractivity contribution < 1.29 is 9.47 Å². The van der Waals surface area contributed by atoms with E-state index in [0.29, 0.717) is 18.3 Å². The minimum absolute atomic E-state index is 0.367.